The number of H-pyrrole nitrogens is 1. The zero-order valence-electron chi connectivity index (χ0n) is 8.93. The van der Waals surface area contributed by atoms with Gasteiger partial charge < -0.3 is 4.74 Å². The van der Waals surface area contributed by atoms with Crippen LogP contribution in [0.15, 0.2) is 14.7 Å². The topological polar surface area (TPSA) is 77.0 Å². The van der Waals surface area contributed by atoms with Crippen LogP contribution in [0, 0.1) is 0 Å². The Hall–Kier alpha value is -1.08. The molecule has 2 rings (SSSR count). The van der Waals surface area contributed by atoms with Crippen molar-refractivity contribution in [2.75, 3.05) is 19.5 Å². The minimum absolute atomic E-state index is 0.0894. The van der Waals surface area contributed by atoms with Gasteiger partial charge in [-0.25, -0.2) is 14.2 Å². The van der Waals surface area contributed by atoms with Gasteiger partial charge in [0.2, 0.25) is 0 Å². The zero-order chi connectivity index (χ0) is 11.5. The van der Waals surface area contributed by atoms with E-state index in [1.807, 2.05) is 0 Å². The van der Waals surface area contributed by atoms with Crippen LogP contribution >= 0.6 is 11.8 Å². The van der Waals surface area contributed by atoms with Crippen LogP contribution in [0.3, 0.4) is 0 Å². The van der Waals surface area contributed by atoms with E-state index in [0.29, 0.717) is 31.2 Å². The molecular formula is C9H13N3O3S. The highest BCUT2D eigenvalue weighted by Crippen LogP contribution is 2.16. The summed E-state index contributed by atoms with van der Waals surface area (Å²) in [4.78, 5) is 29.8. The number of aromatic nitrogens is 3. The standard InChI is InChI=1S/C9H13N3O3S/c1-16-7-10-8(13)12(9(14)11-7)6-2-4-15-5-3-6/h6H,2-5H2,1H3,(H,10,11,13,14). The molecule has 0 atom stereocenters. The molecule has 1 aromatic heterocycles. The minimum atomic E-state index is -0.472. The fourth-order valence-electron chi connectivity index (χ4n) is 1.77. The number of nitrogens with zero attached hydrogens (tertiary/aromatic N) is 2. The fraction of sp³-hybridized carbons (Fsp3) is 0.667. The van der Waals surface area contributed by atoms with Gasteiger partial charge in [0.05, 0.1) is 0 Å². The van der Waals surface area contributed by atoms with Crippen molar-refractivity contribution in [3.8, 4) is 0 Å². The van der Waals surface area contributed by atoms with E-state index in [1.165, 1.54) is 16.3 Å². The monoisotopic (exact) mass is 243 g/mol. The van der Waals surface area contributed by atoms with Gasteiger partial charge in [0.1, 0.15) is 0 Å². The van der Waals surface area contributed by atoms with Gasteiger partial charge in [-0.05, 0) is 19.1 Å². The first-order chi connectivity index (χ1) is 7.72. The fourth-order valence-corrected chi connectivity index (χ4v) is 2.13. The lowest BCUT2D eigenvalue weighted by molar-refractivity contribution is 0.0668. The van der Waals surface area contributed by atoms with Gasteiger partial charge in [0.15, 0.2) is 5.16 Å². The van der Waals surface area contributed by atoms with Gasteiger partial charge in [-0.3, -0.25) is 4.98 Å². The van der Waals surface area contributed by atoms with Crippen molar-refractivity contribution in [1.82, 2.24) is 14.5 Å². The third-order valence-electron chi connectivity index (χ3n) is 2.59. The number of thioether (sulfide) groups is 1. The summed E-state index contributed by atoms with van der Waals surface area (Å²) < 4.78 is 6.39. The van der Waals surface area contributed by atoms with Gasteiger partial charge in [-0.2, -0.15) is 4.98 Å². The van der Waals surface area contributed by atoms with Crippen LogP contribution in [0.1, 0.15) is 18.9 Å². The molecule has 1 saturated heterocycles. The second-order valence-corrected chi connectivity index (χ2v) is 4.34. The van der Waals surface area contributed by atoms with Crippen molar-refractivity contribution in [3.63, 3.8) is 0 Å². The number of hydrogen-bond acceptors (Lipinski definition) is 5. The summed E-state index contributed by atoms with van der Waals surface area (Å²) in [6, 6.07) is -0.0894. The Morgan fingerprint density at radius 3 is 2.69 bits per heavy atom. The van der Waals surface area contributed by atoms with Crippen LogP contribution in [0.25, 0.3) is 0 Å². The first-order valence-corrected chi connectivity index (χ1v) is 6.29. The summed E-state index contributed by atoms with van der Waals surface area (Å²) in [5.74, 6) is 0. The highest BCUT2D eigenvalue weighted by Gasteiger charge is 2.19. The highest BCUT2D eigenvalue weighted by atomic mass is 32.2. The Balaban J connectivity index is 2.40. The van der Waals surface area contributed by atoms with Crippen LogP contribution in [0.2, 0.25) is 0 Å². The van der Waals surface area contributed by atoms with Crippen molar-refractivity contribution in [2.24, 2.45) is 0 Å². The van der Waals surface area contributed by atoms with Crippen LogP contribution in [0.5, 0.6) is 0 Å². The molecule has 1 aliphatic rings. The predicted octanol–water partition coefficient (Wildman–Crippen LogP) is 0.00500. The lowest BCUT2D eigenvalue weighted by Gasteiger charge is -2.22. The number of aromatic amines is 1. The molecule has 0 unspecified atom stereocenters. The molecule has 88 valence electrons. The third kappa shape index (κ3) is 2.19. The molecule has 1 aromatic rings. The van der Waals surface area contributed by atoms with E-state index in [0.717, 1.165) is 0 Å². The average Bonchev–Trinajstić information content (AvgIpc) is 2.29. The highest BCUT2D eigenvalue weighted by molar-refractivity contribution is 7.98. The molecule has 0 saturated carbocycles. The third-order valence-corrected chi connectivity index (χ3v) is 3.17. The van der Waals surface area contributed by atoms with Crippen molar-refractivity contribution in [3.05, 3.63) is 21.0 Å². The average molecular weight is 243 g/mol. The van der Waals surface area contributed by atoms with Crippen molar-refractivity contribution in [1.29, 1.82) is 0 Å². The molecule has 0 radical (unpaired) electrons. The second kappa shape index (κ2) is 4.84. The zero-order valence-corrected chi connectivity index (χ0v) is 9.75. The van der Waals surface area contributed by atoms with E-state index < -0.39 is 5.69 Å². The Morgan fingerprint density at radius 1 is 1.44 bits per heavy atom. The molecule has 1 N–H and O–H groups in total. The van der Waals surface area contributed by atoms with Crippen molar-refractivity contribution >= 4 is 11.8 Å². The first kappa shape index (κ1) is 11.4. The maximum absolute atomic E-state index is 11.7. The molecule has 0 spiro atoms. The summed E-state index contributed by atoms with van der Waals surface area (Å²) in [5.41, 5.74) is -0.851. The summed E-state index contributed by atoms with van der Waals surface area (Å²) in [7, 11) is 0. The number of ether oxygens (including phenoxy) is 1. The van der Waals surface area contributed by atoms with Crippen molar-refractivity contribution in [2.45, 2.75) is 24.0 Å². The molecule has 16 heavy (non-hydrogen) atoms. The van der Waals surface area contributed by atoms with E-state index in [9.17, 15) is 9.59 Å². The molecule has 1 aliphatic heterocycles. The Morgan fingerprint density at radius 2 is 2.12 bits per heavy atom. The molecule has 6 nitrogen and oxygen atoms in total. The van der Waals surface area contributed by atoms with E-state index >= 15 is 0 Å². The van der Waals surface area contributed by atoms with E-state index in [-0.39, 0.29) is 11.7 Å². The molecule has 0 aliphatic carbocycles. The SMILES string of the molecule is CSc1nc(=O)n(C2CCOCC2)c(=O)[nH]1. The molecule has 0 bridgehead atoms. The summed E-state index contributed by atoms with van der Waals surface area (Å²) >= 11 is 1.25. The normalized spacial score (nSPS) is 17.6. The summed E-state index contributed by atoms with van der Waals surface area (Å²) in [6.07, 6.45) is 3.13. The van der Waals surface area contributed by atoms with E-state index in [2.05, 4.69) is 9.97 Å². The number of hydrogen-bond donors (Lipinski definition) is 1. The summed E-state index contributed by atoms with van der Waals surface area (Å²) in [6.45, 7) is 1.17. The van der Waals surface area contributed by atoms with E-state index in [4.69, 9.17) is 4.74 Å². The summed E-state index contributed by atoms with van der Waals surface area (Å²) in [5, 5.41) is 0.360. The molecule has 2 heterocycles. The smallest absolute Gasteiger partial charge is 0.354 e. The minimum Gasteiger partial charge on any atom is -0.381 e. The maximum Gasteiger partial charge on any atom is 0.354 e. The lowest BCUT2D eigenvalue weighted by Crippen LogP contribution is -2.41. The second-order valence-electron chi connectivity index (χ2n) is 3.55. The maximum atomic E-state index is 11.7. The van der Waals surface area contributed by atoms with Crippen LogP contribution in [0.4, 0.5) is 0 Å². The van der Waals surface area contributed by atoms with Gasteiger partial charge in [-0.15, -0.1) is 0 Å². The Bertz CT molecular complexity index is 444. The van der Waals surface area contributed by atoms with Crippen molar-refractivity contribution < 1.29 is 4.74 Å². The van der Waals surface area contributed by atoms with Gasteiger partial charge in [0, 0.05) is 19.3 Å². The van der Waals surface area contributed by atoms with Gasteiger partial charge >= 0.3 is 11.4 Å². The number of rotatable bonds is 2. The first-order valence-electron chi connectivity index (χ1n) is 5.07. The lowest BCUT2D eigenvalue weighted by atomic mass is 10.1. The quantitative estimate of drug-likeness (QED) is 0.740. The van der Waals surface area contributed by atoms with Gasteiger partial charge in [-0.1, -0.05) is 11.8 Å². The van der Waals surface area contributed by atoms with Crippen LogP contribution < -0.4 is 11.4 Å². The van der Waals surface area contributed by atoms with Gasteiger partial charge in [0.25, 0.3) is 0 Å². The molecule has 0 amide bonds. The molecular weight excluding hydrogens is 230 g/mol. The number of nitrogens with one attached hydrogen (secondary N) is 1. The molecule has 1 fully saturated rings. The van der Waals surface area contributed by atoms with Crippen LogP contribution in [-0.4, -0.2) is 34.0 Å². The Kier molecular flexibility index (Phi) is 3.45. The van der Waals surface area contributed by atoms with E-state index in [1.54, 1.807) is 6.26 Å². The largest absolute Gasteiger partial charge is 0.381 e. The predicted molar refractivity (Wildman–Crippen MR) is 60.0 cm³/mol. The molecule has 0 aromatic carbocycles. The Labute approximate surface area is 96.0 Å². The molecule has 7 heteroatoms. The van der Waals surface area contributed by atoms with Crippen LogP contribution in [-0.2, 0) is 4.74 Å².